The van der Waals surface area contributed by atoms with Gasteiger partial charge in [0.25, 0.3) is 0 Å². The maximum Gasteiger partial charge on any atom is 0.231 e. The first kappa shape index (κ1) is 10.8. The molecule has 1 saturated heterocycles. The molecular weight excluding hydrogens is 212 g/mol. The van der Waals surface area contributed by atoms with E-state index < -0.39 is 0 Å². The van der Waals surface area contributed by atoms with Gasteiger partial charge in [0.15, 0.2) is 0 Å². The van der Waals surface area contributed by atoms with Gasteiger partial charge in [-0.05, 0) is 24.0 Å². The fraction of sp³-hybridized carbons (Fsp3) is 0.500. The molecule has 2 aliphatic rings. The van der Waals surface area contributed by atoms with Gasteiger partial charge < -0.3 is 10.2 Å². The van der Waals surface area contributed by atoms with Gasteiger partial charge in [-0.2, -0.15) is 0 Å². The summed E-state index contributed by atoms with van der Waals surface area (Å²) >= 11 is 0. The molecule has 1 aromatic rings. The van der Waals surface area contributed by atoms with Gasteiger partial charge in [0, 0.05) is 26.2 Å². The van der Waals surface area contributed by atoms with Crippen LogP contribution < -0.4 is 5.32 Å². The van der Waals surface area contributed by atoms with Crippen molar-refractivity contribution in [1.29, 1.82) is 0 Å². The van der Waals surface area contributed by atoms with E-state index in [1.807, 2.05) is 17.0 Å². The van der Waals surface area contributed by atoms with E-state index in [0.717, 1.165) is 39.0 Å². The first-order valence-electron chi connectivity index (χ1n) is 6.43. The second kappa shape index (κ2) is 4.49. The summed E-state index contributed by atoms with van der Waals surface area (Å²) in [5.41, 5.74) is 2.50. The Hall–Kier alpha value is -1.35. The van der Waals surface area contributed by atoms with Crippen molar-refractivity contribution < 1.29 is 4.79 Å². The van der Waals surface area contributed by atoms with Crippen molar-refractivity contribution in [2.24, 2.45) is 0 Å². The van der Waals surface area contributed by atoms with E-state index in [0.29, 0.717) is 5.91 Å². The smallest absolute Gasteiger partial charge is 0.231 e. The molecule has 1 aromatic carbocycles. The molecular formula is C14H18N2O. The third-order valence-electron chi connectivity index (χ3n) is 3.81. The molecule has 0 radical (unpaired) electrons. The van der Waals surface area contributed by atoms with Crippen LogP contribution in [0.1, 0.15) is 29.9 Å². The first-order chi connectivity index (χ1) is 8.36. The van der Waals surface area contributed by atoms with Gasteiger partial charge >= 0.3 is 0 Å². The number of carbonyl (C=O) groups is 1. The largest absolute Gasteiger partial charge is 0.342 e. The van der Waals surface area contributed by atoms with Crippen LogP contribution in [0, 0.1) is 0 Å². The van der Waals surface area contributed by atoms with E-state index in [9.17, 15) is 4.79 Å². The molecule has 0 aromatic heterocycles. The Morgan fingerprint density at radius 3 is 2.82 bits per heavy atom. The second-order valence-corrected chi connectivity index (χ2v) is 4.91. The summed E-state index contributed by atoms with van der Waals surface area (Å²) in [5, 5.41) is 3.35. The molecule has 0 spiro atoms. The third kappa shape index (κ3) is 1.95. The minimum absolute atomic E-state index is 0.0260. The van der Waals surface area contributed by atoms with Crippen LogP contribution in [0.25, 0.3) is 0 Å². The highest BCUT2D eigenvalue weighted by atomic mass is 16.2. The minimum atomic E-state index is 0.0260. The van der Waals surface area contributed by atoms with Gasteiger partial charge in [-0.15, -0.1) is 0 Å². The Morgan fingerprint density at radius 2 is 2.00 bits per heavy atom. The Labute approximate surface area is 102 Å². The van der Waals surface area contributed by atoms with Crippen LogP contribution in [0.4, 0.5) is 0 Å². The summed E-state index contributed by atoms with van der Waals surface area (Å²) in [7, 11) is 0. The lowest BCUT2D eigenvalue weighted by atomic mass is 9.90. The molecule has 0 bridgehead atoms. The van der Waals surface area contributed by atoms with Crippen LogP contribution in [-0.4, -0.2) is 30.4 Å². The van der Waals surface area contributed by atoms with Crippen molar-refractivity contribution in [2.45, 2.75) is 25.3 Å². The number of hydrogen-bond donors (Lipinski definition) is 1. The number of nitrogens with zero attached hydrogens (tertiary/aromatic N) is 1. The lowest BCUT2D eigenvalue weighted by molar-refractivity contribution is -0.131. The summed E-state index contributed by atoms with van der Waals surface area (Å²) < 4.78 is 0. The van der Waals surface area contributed by atoms with Crippen LogP contribution in [0.2, 0.25) is 0 Å². The van der Waals surface area contributed by atoms with Gasteiger partial charge in [0.1, 0.15) is 0 Å². The number of amides is 1. The Balaban J connectivity index is 1.86. The molecule has 0 aliphatic carbocycles. The fourth-order valence-corrected chi connectivity index (χ4v) is 2.87. The first-order valence-corrected chi connectivity index (χ1v) is 6.43. The van der Waals surface area contributed by atoms with E-state index in [1.165, 1.54) is 11.1 Å². The van der Waals surface area contributed by atoms with Gasteiger partial charge in [-0.1, -0.05) is 24.3 Å². The van der Waals surface area contributed by atoms with Gasteiger partial charge in [-0.3, -0.25) is 4.79 Å². The van der Waals surface area contributed by atoms with Crippen LogP contribution >= 0.6 is 0 Å². The van der Waals surface area contributed by atoms with E-state index in [2.05, 4.69) is 17.4 Å². The number of carbonyl (C=O) groups excluding carboxylic acids is 1. The Bertz CT molecular complexity index is 424. The number of fused-ring (bicyclic) bond motifs is 1. The molecule has 90 valence electrons. The second-order valence-electron chi connectivity index (χ2n) is 4.91. The van der Waals surface area contributed by atoms with Crippen molar-refractivity contribution in [2.75, 3.05) is 19.6 Å². The molecule has 1 fully saturated rings. The fourth-order valence-electron chi connectivity index (χ4n) is 2.87. The van der Waals surface area contributed by atoms with Crippen molar-refractivity contribution in [3.63, 3.8) is 0 Å². The summed E-state index contributed by atoms with van der Waals surface area (Å²) in [4.78, 5) is 14.5. The number of benzene rings is 1. The number of nitrogens with one attached hydrogen (secondary N) is 1. The van der Waals surface area contributed by atoms with Crippen molar-refractivity contribution in [1.82, 2.24) is 10.2 Å². The topological polar surface area (TPSA) is 32.3 Å². The van der Waals surface area contributed by atoms with Crippen molar-refractivity contribution in [3.05, 3.63) is 35.4 Å². The molecule has 2 aliphatic heterocycles. The third-order valence-corrected chi connectivity index (χ3v) is 3.81. The van der Waals surface area contributed by atoms with E-state index in [4.69, 9.17) is 0 Å². The summed E-state index contributed by atoms with van der Waals surface area (Å²) in [6.07, 6.45) is 2.32. The lowest BCUT2D eigenvalue weighted by Crippen LogP contribution is -2.40. The molecule has 17 heavy (non-hydrogen) atoms. The quantitative estimate of drug-likeness (QED) is 0.793. The Morgan fingerprint density at radius 1 is 1.24 bits per heavy atom. The zero-order valence-electron chi connectivity index (χ0n) is 9.98. The number of hydrogen-bond acceptors (Lipinski definition) is 2. The van der Waals surface area contributed by atoms with Crippen LogP contribution in [0.5, 0.6) is 0 Å². The zero-order chi connectivity index (χ0) is 11.7. The minimum Gasteiger partial charge on any atom is -0.342 e. The summed E-state index contributed by atoms with van der Waals surface area (Å²) in [6, 6.07) is 8.30. The number of likely N-dealkylation sites (tertiary alicyclic amines) is 1. The summed E-state index contributed by atoms with van der Waals surface area (Å²) in [5.74, 6) is 0.334. The highest BCUT2D eigenvalue weighted by Crippen LogP contribution is 2.26. The van der Waals surface area contributed by atoms with E-state index in [-0.39, 0.29) is 5.92 Å². The van der Waals surface area contributed by atoms with Crippen LogP contribution in [0.15, 0.2) is 24.3 Å². The van der Waals surface area contributed by atoms with Gasteiger partial charge in [0.2, 0.25) is 5.91 Å². The van der Waals surface area contributed by atoms with Crippen molar-refractivity contribution >= 4 is 5.91 Å². The monoisotopic (exact) mass is 230 g/mol. The molecule has 1 unspecified atom stereocenters. The average molecular weight is 230 g/mol. The molecule has 0 saturated carbocycles. The molecule has 3 heteroatoms. The summed E-state index contributed by atoms with van der Waals surface area (Å²) in [6.45, 7) is 3.56. The standard InChI is InChI=1S/C14H18N2O/c17-14(16-7-3-4-8-16)13-10-15-9-11-5-1-2-6-12(11)13/h1-2,5-6,13,15H,3-4,7-10H2. The SMILES string of the molecule is O=C(C1CNCc2ccccc21)N1CCCC1. The average Bonchev–Trinajstić information content (AvgIpc) is 2.91. The normalized spacial score (nSPS) is 23.5. The molecule has 1 N–H and O–H groups in total. The van der Waals surface area contributed by atoms with Crippen LogP contribution in [0.3, 0.4) is 0 Å². The molecule has 1 amide bonds. The highest BCUT2D eigenvalue weighted by molar-refractivity contribution is 5.85. The van der Waals surface area contributed by atoms with Gasteiger partial charge in [-0.25, -0.2) is 0 Å². The molecule has 3 nitrogen and oxygen atoms in total. The molecule has 2 heterocycles. The molecule has 1 atom stereocenters. The maximum atomic E-state index is 12.4. The van der Waals surface area contributed by atoms with E-state index in [1.54, 1.807) is 0 Å². The Kier molecular flexibility index (Phi) is 2.85. The predicted molar refractivity (Wildman–Crippen MR) is 66.7 cm³/mol. The van der Waals surface area contributed by atoms with Crippen LogP contribution in [-0.2, 0) is 11.3 Å². The molecule has 3 rings (SSSR count). The number of rotatable bonds is 1. The van der Waals surface area contributed by atoms with Crippen molar-refractivity contribution in [3.8, 4) is 0 Å². The predicted octanol–water partition coefficient (Wildman–Crippen LogP) is 1.50. The zero-order valence-corrected chi connectivity index (χ0v) is 9.98. The lowest BCUT2D eigenvalue weighted by Gasteiger charge is -2.29. The van der Waals surface area contributed by atoms with Gasteiger partial charge in [0.05, 0.1) is 5.92 Å². The maximum absolute atomic E-state index is 12.4. The van der Waals surface area contributed by atoms with E-state index >= 15 is 0 Å². The highest BCUT2D eigenvalue weighted by Gasteiger charge is 2.30.